The molecule has 0 atom stereocenters. The van der Waals surface area contributed by atoms with Crippen molar-refractivity contribution < 1.29 is 9.47 Å². The standard InChI is InChI=1S/C13H18N2O2/c1-2-16-11-4-3-5-12(10-11)17-9-6-13-14-7-8-15-13/h3-5,10H,2,6-9H2,1H3,(H,14,15). The second kappa shape index (κ2) is 6.13. The Morgan fingerprint density at radius 2 is 2.12 bits per heavy atom. The number of amidine groups is 1. The number of hydrogen-bond acceptors (Lipinski definition) is 4. The van der Waals surface area contributed by atoms with Crippen molar-refractivity contribution in [3.8, 4) is 11.5 Å². The van der Waals surface area contributed by atoms with E-state index in [-0.39, 0.29) is 0 Å². The minimum atomic E-state index is 0.640. The Hall–Kier alpha value is -1.71. The number of benzene rings is 1. The summed E-state index contributed by atoms with van der Waals surface area (Å²) in [6.45, 7) is 5.12. The molecule has 0 saturated carbocycles. The summed E-state index contributed by atoms with van der Waals surface area (Å²) < 4.78 is 11.1. The van der Waals surface area contributed by atoms with E-state index in [1.807, 2.05) is 31.2 Å². The van der Waals surface area contributed by atoms with Crippen molar-refractivity contribution in [1.29, 1.82) is 0 Å². The van der Waals surface area contributed by atoms with Gasteiger partial charge in [0.2, 0.25) is 0 Å². The number of hydrogen-bond donors (Lipinski definition) is 1. The first kappa shape index (κ1) is 11.8. The van der Waals surface area contributed by atoms with Crippen LogP contribution in [0.4, 0.5) is 0 Å². The molecule has 0 radical (unpaired) electrons. The van der Waals surface area contributed by atoms with E-state index in [0.29, 0.717) is 13.2 Å². The largest absolute Gasteiger partial charge is 0.494 e. The van der Waals surface area contributed by atoms with Gasteiger partial charge >= 0.3 is 0 Å². The fourth-order valence-corrected chi connectivity index (χ4v) is 1.70. The molecule has 0 spiro atoms. The maximum Gasteiger partial charge on any atom is 0.123 e. The lowest BCUT2D eigenvalue weighted by atomic mass is 10.3. The fraction of sp³-hybridized carbons (Fsp3) is 0.462. The topological polar surface area (TPSA) is 42.9 Å². The minimum absolute atomic E-state index is 0.640. The van der Waals surface area contributed by atoms with Crippen molar-refractivity contribution in [2.75, 3.05) is 26.3 Å². The van der Waals surface area contributed by atoms with Gasteiger partial charge < -0.3 is 14.8 Å². The maximum absolute atomic E-state index is 5.65. The van der Waals surface area contributed by atoms with Crippen LogP contribution in [0.2, 0.25) is 0 Å². The van der Waals surface area contributed by atoms with Crippen molar-refractivity contribution in [1.82, 2.24) is 5.32 Å². The van der Waals surface area contributed by atoms with E-state index in [9.17, 15) is 0 Å². The average molecular weight is 234 g/mol. The molecule has 0 aliphatic carbocycles. The molecule has 0 unspecified atom stereocenters. The van der Waals surface area contributed by atoms with Gasteiger partial charge in [0.25, 0.3) is 0 Å². The van der Waals surface area contributed by atoms with Crippen molar-refractivity contribution in [2.45, 2.75) is 13.3 Å². The zero-order valence-corrected chi connectivity index (χ0v) is 10.1. The zero-order valence-electron chi connectivity index (χ0n) is 10.1. The van der Waals surface area contributed by atoms with Gasteiger partial charge in [0.15, 0.2) is 0 Å². The Balaban J connectivity index is 1.79. The van der Waals surface area contributed by atoms with Gasteiger partial charge in [0.05, 0.1) is 25.6 Å². The number of ether oxygens (including phenoxy) is 2. The lowest BCUT2D eigenvalue weighted by molar-refractivity contribution is 0.316. The predicted octanol–water partition coefficient (Wildman–Crippen LogP) is 1.86. The van der Waals surface area contributed by atoms with Gasteiger partial charge in [-0.05, 0) is 19.1 Å². The molecule has 4 heteroatoms. The summed E-state index contributed by atoms with van der Waals surface area (Å²) in [5.74, 6) is 2.74. The van der Waals surface area contributed by atoms with Gasteiger partial charge in [0, 0.05) is 19.0 Å². The third-order valence-corrected chi connectivity index (χ3v) is 2.47. The molecular weight excluding hydrogens is 216 g/mol. The molecule has 0 fully saturated rings. The number of aliphatic imine (C=N–C) groups is 1. The van der Waals surface area contributed by atoms with Gasteiger partial charge in [-0.25, -0.2) is 0 Å². The van der Waals surface area contributed by atoms with Crippen molar-refractivity contribution in [2.24, 2.45) is 4.99 Å². The smallest absolute Gasteiger partial charge is 0.123 e. The Bertz CT molecular complexity index is 391. The van der Waals surface area contributed by atoms with Crippen molar-refractivity contribution in [3.05, 3.63) is 24.3 Å². The summed E-state index contributed by atoms with van der Waals surface area (Å²) in [7, 11) is 0. The van der Waals surface area contributed by atoms with Gasteiger partial charge in [-0.3, -0.25) is 4.99 Å². The average Bonchev–Trinajstić information content (AvgIpc) is 2.83. The third-order valence-electron chi connectivity index (χ3n) is 2.47. The highest BCUT2D eigenvalue weighted by molar-refractivity contribution is 5.83. The second-order valence-corrected chi connectivity index (χ2v) is 3.76. The normalized spacial score (nSPS) is 14.1. The summed E-state index contributed by atoms with van der Waals surface area (Å²) in [5.41, 5.74) is 0. The van der Waals surface area contributed by atoms with E-state index < -0.39 is 0 Å². The van der Waals surface area contributed by atoms with E-state index >= 15 is 0 Å². The van der Waals surface area contributed by atoms with Gasteiger partial charge in [-0.2, -0.15) is 0 Å². The van der Waals surface area contributed by atoms with E-state index in [1.165, 1.54) is 0 Å². The van der Waals surface area contributed by atoms with Crippen LogP contribution < -0.4 is 14.8 Å². The van der Waals surface area contributed by atoms with Gasteiger partial charge in [-0.15, -0.1) is 0 Å². The number of rotatable bonds is 6. The SMILES string of the molecule is CCOc1cccc(OCCC2=NCCN2)c1. The molecule has 4 nitrogen and oxygen atoms in total. The van der Waals surface area contributed by atoms with E-state index in [2.05, 4.69) is 10.3 Å². The molecule has 0 saturated heterocycles. The van der Waals surface area contributed by atoms with E-state index in [1.54, 1.807) is 0 Å². The Labute approximate surface area is 102 Å². The molecule has 1 heterocycles. The van der Waals surface area contributed by atoms with Crippen LogP contribution >= 0.6 is 0 Å². The summed E-state index contributed by atoms with van der Waals surface area (Å²) >= 11 is 0. The summed E-state index contributed by atoms with van der Waals surface area (Å²) in [6, 6.07) is 7.71. The maximum atomic E-state index is 5.65. The van der Waals surface area contributed by atoms with Crippen LogP contribution in [0.5, 0.6) is 11.5 Å². The first-order valence-corrected chi connectivity index (χ1v) is 6.01. The lowest BCUT2D eigenvalue weighted by Gasteiger charge is -2.08. The van der Waals surface area contributed by atoms with Gasteiger partial charge in [0.1, 0.15) is 11.5 Å². The number of nitrogens with zero attached hydrogens (tertiary/aromatic N) is 1. The van der Waals surface area contributed by atoms with Crippen molar-refractivity contribution >= 4 is 5.84 Å². The van der Waals surface area contributed by atoms with Crippen LogP contribution in [0.3, 0.4) is 0 Å². The highest BCUT2D eigenvalue weighted by atomic mass is 16.5. The van der Waals surface area contributed by atoms with Crippen LogP contribution in [0.15, 0.2) is 29.3 Å². The molecule has 0 aromatic heterocycles. The molecule has 92 valence electrons. The highest BCUT2D eigenvalue weighted by Crippen LogP contribution is 2.19. The summed E-state index contributed by atoms with van der Waals surface area (Å²) in [6.07, 6.45) is 0.832. The highest BCUT2D eigenvalue weighted by Gasteiger charge is 2.04. The molecular formula is C13H18N2O2. The second-order valence-electron chi connectivity index (χ2n) is 3.76. The molecule has 1 aromatic carbocycles. The first-order valence-electron chi connectivity index (χ1n) is 6.01. The molecule has 17 heavy (non-hydrogen) atoms. The minimum Gasteiger partial charge on any atom is -0.494 e. The molecule has 1 aromatic rings. The van der Waals surface area contributed by atoms with Crippen LogP contribution in [0.25, 0.3) is 0 Å². The lowest BCUT2D eigenvalue weighted by Crippen LogP contribution is -2.20. The van der Waals surface area contributed by atoms with E-state index in [0.717, 1.165) is 36.8 Å². The third kappa shape index (κ3) is 3.66. The van der Waals surface area contributed by atoms with Crippen LogP contribution in [0, 0.1) is 0 Å². The predicted molar refractivity (Wildman–Crippen MR) is 68.0 cm³/mol. The molecule has 1 aliphatic heterocycles. The monoisotopic (exact) mass is 234 g/mol. The van der Waals surface area contributed by atoms with Crippen LogP contribution in [-0.2, 0) is 0 Å². The summed E-state index contributed by atoms with van der Waals surface area (Å²) in [5, 5.41) is 3.22. The Morgan fingerprint density at radius 1 is 1.29 bits per heavy atom. The molecule has 2 rings (SSSR count). The van der Waals surface area contributed by atoms with E-state index in [4.69, 9.17) is 9.47 Å². The Kier molecular flexibility index (Phi) is 4.24. The quantitative estimate of drug-likeness (QED) is 0.817. The molecule has 1 aliphatic rings. The first-order chi connectivity index (χ1) is 8.38. The summed E-state index contributed by atoms with van der Waals surface area (Å²) in [4.78, 5) is 4.31. The molecule has 0 bridgehead atoms. The number of nitrogens with one attached hydrogen (secondary N) is 1. The Morgan fingerprint density at radius 3 is 2.82 bits per heavy atom. The fourth-order valence-electron chi connectivity index (χ4n) is 1.70. The molecule has 0 amide bonds. The zero-order chi connectivity index (χ0) is 11.9. The van der Waals surface area contributed by atoms with Crippen molar-refractivity contribution in [3.63, 3.8) is 0 Å². The van der Waals surface area contributed by atoms with Crippen LogP contribution in [-0.4, -0.2) is 32.1 Å². The van der Waals surface area contributed by atoms with Crippen LogP contribution in [0.1, 0.15) is 13.3 Å². The molecule has 1 N–H and O–H groups in total. The van der Waals surface area contributed by atoms with Gasteiger partial charge in [-0.1, -0.05) is 6.07 Å².